The van der Waals surface area contributed by atoms with Crippen LogP contribution in [0.15, 0.2) is 42.5 Å². The van der Waals surface area contributed by atoms with Crippen LogP contribution in [0.5, 0.6) is 0 Å². The Morgan fingerprint density at radius 1 is 1.00 bits per heavy atom. The van der Waals surface area contributed by atoms with E-state index >= 15 is 0 Å². The van der Waals surface area contributed by atoms with Gasteiger partial charge in [0.2, 0.25) is 0 Å². The standard InChI is InChI=1S/C22H23F2N3O/c1-13-20(16-6-8-17(9-7-16)26(3)4)21(22(25)28)14(2)27(13)12-15-5-10-18(23)19(24)11-15/h5-11H,12H2,1-4H3,(H2,25,28). The Hall–Kier alpha value is -3.15. The average molecular weight is 383 g/mol. The summed E-state index contributed by atoms with van der Waals surface area (Å²) in [7, 11) is 3.91. The summed E-state index contributed by atoms with van der Waals surface area (Å²) in [4.78, 5) is 14.2. The first-order valence-electron chi connectivity index (χ1n) is 8.92. The summed E-state index contributed by atoms with van der Waals surface area (Å²) < 4.78 is 28.7. The first-order valence-corrected chi connectivity index (χ1v) is 8.92. The normalized spacial score (nSPS) is 10.9. The minimum absolute atomic E-state index is 0.310. The molecule has 3 aromatic rings. The summed E-state index contributed by atoms with van der Waals surface area (Å²) >= 11 is 0. The van der Waals surface area contributed by atoms with Gasteiger partial charge in [-0.3, -0.25) is 4.79 Å². The lowest BCUT2D eigenvalue weighted by molar-refractivity contribution is 0.1000. The van der Waals surface area contributed by atoms with Crippen LogP contribution in [0.2, 0.25) is 0 Å². The molecule has 0 saturated heterocycles. The summed E-state index contributed by atoms with van der Waals surface area (Å²) in [5, 5.41) is 0. The molecule has 0 aliphatic rings. The molecule has 3 rings (SSSR count). The molecular weight excluding hydrogens is 360 g/mol. The summed E-state index contributed by atoms with van der Waals surface area (Å²) in [5.41, 5.74) is 10.9. The van der Waals surface area contributed by atoms with Crippen LogP contribution in [0.4, 0.5) is 14.5 Å². The molecule has 1 heterocycles. The molecule has 0 aliphatic carbocycles. The molecule has 0 unspecified atom stereocenters. The molecule has 1 amide bonds. The van der Waals surface area contributed by atoms with Crippen molar-refractivity contribution in [3.63, 3.8) is 0 Å². The van der Waals surface area contributed by atoms with E-state index in [-0.39, 0.29) is 0 Å². The minimum Gasteiger partial charge on any atom is -0.378 e. The third kappa shape index (κ3) is 3.50. The number of benzene rings is 2. The highest BCUT2D eigenvalue weighted by Gasteiger charge is 2.23. The maximum Gasteiger partial charge on any atom is 0.251 e. The van der Waals surface area contributed by atoms with Gasteiger partial charge < -0.3 is 15.2 Å². The van der Waals surface area contributed by atoms with E-state index in [1.54, 1.807) is 0 Å². The van der Waals surface area contributed by atoms with Crippen molar-refractivity contribution in [3.05, 3.63) is 76.6 Å². The van der Waals surface area contributed by atoms with Gasteiger partial charge in [0.25, 0.3) is 5.91 Å². The number of hydrogen-bond donors (Lipinski definition) is 1. The molecule has 28 heavy (non-hydrogen) atoms. The molecule has 0 bridgehead atoms. The molecule has 0 aliphatic heterocycles. The molecule has 2 N–H and O–H groups in total. The zero-order valence-electron chi connectivity index (χ0n) is 16.4. The Labute approximate surface area is 163 Å². The Morgan fingerprint density at radius 2 is 1.64 bits per heavy atom. The predicted molar refractivity (Wildman–Crippen MR) is 108 cm³/mol. The number of nitrogens with zero attached hydrogens (tertiary/aromatic N) is 2. The SMILES string of the molecule is Cc1c(C(N)=O)c(-c2ccc(N(C)C)cc2)c(C)n1Cc1ccc(F)c(F)c1. The van der Waals surface area contributed by atoms with Crippen LogP contribution in [0.1, 0.15) is 27.3 Å². The lowest BCUT2D eigenvalue weighted by atomic mass is 10.00. The highest BCUT2D eigenvalue weighted by Crippen LogP contribution is 2.33. The van der Waals surface area contributed by atoms with Gasteiger partial charge in [-0.2, -0.15) is 0 Å². The number of aromatic nitrogens is 1. The van der Waals surface area contributed by atoms with Crippen molar-refractivity contribution in [1.29, 1.82) is 0 Å². The number of amides is 1. The summed E-state index contributed by atoms with van der Waals surface area (Å²) in [5.74, 6) is -2.30. The highest BCUT2D eigenvalue weighted by atomic mass is 19.2. The number of hydrogen-bond acceptors (Lipinski definition) is 2. The maximum absolute atomic E-state index is 13.6. The van der Waals surface area contributed by atoms with Crippen molar-refractivity contribution in [3.8, 4) is 11.1 Å². The molecule has 1 aromatic heterocycles. The fraction of sp³-hybridized carbons (Fsp3) is 0.227. The molecule has 4 nitrogen and oxygen atoms in total. The average Bonchev–Trinajstić information content (AvgIpc) is 2.89. The third-order valence-electron chi connectivity index (χ3n) is 5.03. The summed E-state index contributed by atoms with van der Waals surface area (Å²) in [6.07, 6.45) is 0. The van der Waals surface area contributed by atoms with Gasteiger partial charge in [-0.25, -0.2) is 8.78 Å². The highest BCUT2D eigenvalue weighted by molar-refractivity contribution is 6.02. The molecule has 2 aromatic carbocycles. The van der Waals surface area contributed by atoms with Crippen LogP contribution in [0.25, 0.3) is 11.1 Å². The van der Waals surface area contributed by atoms with Gasteiger partial charge in [0.1, 0.15) is 0 Å². The summed E-state index contributed by atoms with van der Waals surface area (Å²) in [6, 6.07) is 11.7. The fourth-order valence-electron chi connectivity index (χ4n) is 3.52. The number of anilines is 1. The molecule has 0 radical (unpaired) electrons. The Balaban J connectivity index is 2.11. The molecule has 146 valence electrons. The summed E-state index contributed by atoms with van der Waals surface area (Å²) in [6.45, 7) is 4.02. The van der Waals surface area contributed by atoms with Crippen LogP contribution in [-0.4, -0.2) is 24.6 Å². The molecule has 0 spiro atoms. The Morgan fingerprint density at radius 3 is 2.18 bits per heavy atom. The van der Waals surface area contributed by atoms with E-state index in [4.69, 9.17) is 5.73 Å². The van der Waals surface area contributed by atoms with E-state index in [0.717, 1.165) is 28.6 Å². The zero-order valence-corrected chi connectivity index (χ0v) is 16.4. The number of carbonyl (C=O) groups is 1. The predicted octanol–water partition coefficient (Wildman–Crippen LogP) is 4.26. The monoisotopic (exact) mass is 383 g/mol. The molecular formula is C22H23F2N3O. The smallest absolute Gasteiger partial charge is 0.251 e. The van der Waals surface area contributed by atoms with Crippen molar-refractivity contribution < 1.29 is 13.6 Å². The van der Waals surface area contributed by atoms with Gasteiger partial charge in [-0.15, -0.1) is 0 Å². The van der Waals surface area contributed by atoms with Crippen molar-refractivity contribution >= 4 is 11.6 Å². The van der Waals surface area contributed by atoms with Crippen molar-refractivity contribution in [2.75, 3.05) is 19.0 Å². The second-order valence-corrected chi connectivity index (χ2v) is 7.06. The van der Waals surface area contributed by atoms with E-state index in [1.807, 2.05) is 61.7 Å². The van der Waals surface area contributed by atoms with E-state index in [0.29, 0.717) is 23.4 Å². The number of halogens is 2. The Bertz CT molecular complexity index is 1040. The quantitative estimate of drug-likeness (QED) is 0.716. The van der Waals surface area contributed by atoms with Gasteiger partial charge in [0.15, 0.2) is 11.6 Å². The minimum atomic E-state index is -0.894. The van der Waals surface area contributed by atoms with Gasteiger partial charge in [0.05, 0.1) is 5.56 Å². The van der Waals surface area contributed by atoms with Gasteiger partial charge >= 0.3 is 0 Å². The molecule has 0 atom stereocenters. The first kappa shape index (κ1) is 19.6. The Kier molecular flexibility index (Phi) is 5.23. The number of primary amides is 1. The van der Waals surface area contributed by atoms with E-state index in [2.05, 4.69) is 0 Å². The van der Waals surface area contributed by atoms with Crippen LogP contribution >= 0.6 is 0 Å². The van der Waals surface area contributed by atoms with Gasteiger partial charge in [-0.05, 0) is 49.2 Å². The van der Waals surface area contributed by atoms with Crippen LogP contribution < -0.4 is 10.6 Å². The number of carbonyl (C=O) groups excluding carboxylic acids is 1. The van der Waals surface area contributed by atoms with Crippen LogP contribution in [0.3, 0.4) is 0 Å². The molecule has 0 saturated carbocycles. The van der Waals surface area contributed by atoms with Crippen molar-refractivity contribution in [2.45, 2.75) is 20.4 Å². The largest absolute Gasteiger partial charge is 0.378 e. The topological polar surface area (TPSA) is 51.3 Å². The van der Waals surface area contributed by atoms with E-state index in [1.165, 1.54) is 12.1 Å². The molecule has 0 fully saturated rings. The molecule has 6 heteroatoms. The number of rotatable bonds is 5. The fourth-order valence-corrected chi connectivity index (χ4v) is 3.52. The van der Waals surface area contributed by atoms with Gasteiger partial charge in [0, 0.05) is 43.3 Å². The second-order valence-electron chi connectivity index (χ2n) is 7.06. The maximum atomic E-state index is 13.6. The van der Waals surface area contributed by atoms with Crippen LogP contribution in [-0.2, 0) is 6.54 Å². The second kappa shape index (κ2) is 7.46. The van der Waals surface area contributed by atoms with Crippen molar-refractivity contribution in [2.24, 2.45) is 5.73 Å². The first-order chi connectivity index (χ1) is 13.2. The lowest BCUT2D eigenvalue weighted by Crippen LogP contribution is -2.14. The van der Waals surface area contributed by atoms with Crippen molar-refractivity contribution in [1.82, 2.24) is 4.57 Å². The van der Waals surface area contributed by atoms with E-state index in [9.17, 15) is 13.6 Å². The number of nitrogens with two attached hydrogens (primary N) is 1. The zero-order chi connectivity index (χ0) is 20.6. The lowest BCUT2D eigenvalue weighted by Gasteiger charge is -2.13. The third-order valence-corrected chi connectivity index (χ3v) is 5.03. The van der Waals surface area contributed by atoms with Gasteiger partial charge in [-0.1, -0.05) is 18.2 Å². The van der Waals surface area contributed by atoms with Crippen LogP contribution in [0, 0.1) is 25.5 Å². The van der Waals surface area contributed by atoms with E-state index < -0.39 is 17.5 Å².